The normalized spacial score (nSPS) is 10.6. The van der Waals surface area contributed by atoms with Gasteiger partial charge in [-0.1, -0.05) is 43.3 Å². The Labute approximate surface area is 204 Å². The van der Waals surface area contributed by atoms with E-state index in [1.807, 2.05) is 67.6 Å². The zero-order chi connectivity index (χ0) is 24.8. The number of nitrogens with zero attached hydrogens (tertiary/aromatic N) is 1. The van der Waals surface area contributed by atoms with Crippen LogP contribution in [0.3, 0.4) is 0 Å². The molecule has 0 spiro atoms. The average molecular weight is 470 g/mol. The van der Waals surface area contributed by atoms with E-state index in [1.54, 1.807) is 26.4 Å². The second-order valence-electron chi connectivity index (χ2n) is 7.88. The van der Waals surface area contributed by atoms with Crippen molar-refractivity contribution in [2.45, 2.75) is 13.3 Å². The monoisotopic (exact) mass is 469 g/mol. The summed E-state index contributed by atoms with van der Waals surface area (Å²) in [6.07, 6.45) is 0.796. The second-order valence-corrected chi connectivity index (χ2v) is 7.88. The Morgan fingerprint density at radius 3 is 2.40 bits per heavy atom. The van der Waals surface area contributed by atoms with Crippen molar-refractivity contribution in [2.75, 3.05) is 26.1 Å². The zero-order valence-electron chi connectivity index (χ0n) is 19.9. The molecular weight excluding hydrogens is 442 g/mol. The van der Waals surface area contributed by atoms with Crippen molar-refractivity contribution < 1.29 is 19.1 Å². The molecule has 3 aromatic carbocycles. The van der Waals surface area contributed by atoms with Gasteiger partial charge in [-0.2, -0.15) is 0 Å². The molecule has 178 valence electrons. The highest BCUT2D eigenvalue weighted by molar-refractivity contribution is 6.08. The minimum atomic E-state index is -0.357. The summed E-state index contributed by atoms with van der Waals surface area (Å²) in [6.45, 7) is 1.87. The molecule has 0 aliphatic rings. The minimum Gasteiger partial charge on any atom is -0.493 e. The molecule has 4 aromatic rings. The third-order valence-electron chi connectivity index (χ3n) is 5.72. The van der Waals surface area contributed by atoms with Gasteiger partial charge >= 0.3 is 0 Å². The lowest BCUT2D eigenvalue weighted by Crippen LogP contribution is -2.33. The van der Waals surface area contributed by atoms with Gasteiger partial charge in [-0.05, 0) is 48.4 Å². The number of pyridine rings is 1. The number of carbonyl (C=O) groups excluding carboxylic acids is 2. The topological polar surface area (TPSA) is 89.6 Å². The van der Waals surface area contributed by atoms with Crippen molar-refractivity contribution >= 4 is 28.4 Å². The Balaban J connectivity index is 1.60. The van der Waals surface area contributed by atoms with Crippen LogP contribution in [0.4, 0.5) is 5.69 Å². The number of carbonyl (C=O) groups is 2. The number of amides is 2. The summed E-state index contributed by atoms with van der Waals surface area (Å²) in [5, 5.41) is 6.32. The van der Waals surface area contributed by atoms with Crippen LogP contribution in [0, 0.1) is 0 Å². The largest absolute Gasteiger partial charge is 0.493 e. The Kier molecular flexibility index (Phi) is 7.26. The van der Waals surface area contributed by atoms with E-state index in [0.717, 1.165) is 23.2 Å². The molecule has 0 saturated carbocycles. The maximum Gasteiger partial charge on any atom is 0.252 e. The first kappa shape index (κ1) is 23.8. The predicted molar refractivity (Wildman–Crippen MR) is 137 cm³/mol. The number of hydrogen-bond acceptors (Lipinski definition) is 5. The lowest BCUT2D eigenvalue weighted by molar-refractivity contribution is -0.115. The minimum absolute atomic E-state index is 0.154. The van der Waals surface area contributed by atoms with Crippen molar-refractivity contribution in [2.24, 2.45) is 0 Å². The quantitative estimate of drug-likeness (QED) is 0.385. The smallest absolute Gasteiger partial charge is 0.252 e. The number of benzene rings is 3. The number of anilines is 1. The molecule has 0 bridgehead atoms. The van der Waals surface area contributed by atoms with Crippen molar-refractivity contribution in [3.63, 3.8) is 0 Å². The van der Waals surface area contributed by atoms with E-state index in [4.69, 9.17) is 14.5 Å². The van der Waals surface area contributed by atoms with Crippen LogP contribution in [-0.2, 0) is 11.2 Å². The van der Waals surface area contributed by atoms with Gasteiger partial charge in [-0.25, -0.2) is 4.98 Å². The summed E-state index contributed by atoms with van der Waals surface area (Å²) in [5.74, 6) is 0.516. The standard InChI is InChI=1S/C28H27N3O4/c1-4-18-9-5-7-11-22(18)31-27(32)17-29-28(33)21-16-24(30-23-12-8-6-10-20(21)23)19-13-14-25(34-2)26(15-19)35-3/h5-16H,4,17H2,1-3H3,(H,29,33)(H,31,32). The van der Waals surface area contributed by atoms with Crippen LogP contribution < -0.4 is 20.1 Å². The molecule has 7 heteroatoms. The molecule has 35 heavy (non-hydrogen) atoms. The van der Waals surface area contributed by atoms with Crippen LogP contribution in [0.2, 0.25) is 0 Å². The van der Waals surface area contributed by atoms with E-state index >= 15 is 0 Å². The van der Waals surface area contributed by atoms with Gasteiger partial charge in [0.25, 0.3) is 5.91 Å². The van der Waals surface area contributed by atoms with Gasteiger partial charge in [0.05, 0.1) is 37.5 Å². The van der Waals surface area contributed by atoms with E-state index in [0.29, 0.717) is 33.7 Å². The molecule has 0 aliphatic heterocycles. The first-order valence-corrected chi connectivity index (χ1v) is 11.3. The molecule has 0 fully saturated rings. The van der Waals surface area contributed by atoms with Crippen LogP contribution in [0.1, 0.15) is 22.8 Å². The third kappa shape index (κ3) is 5.24. The second kappa shape index (κ2) is 10.7. The van der Waals surface area contributed by atoms with Gasteiger partial charge in [0.2, 0.25) is 5.91 Å². The highest BCUT2D eigenvalue weighted by Gasteiger charge is 2.16. The number of hydrogen-bond donors (Lipinski definition) is 2. The zero-order valence-corrected chi connectivity index (χ0v) is 19.9. The van der Waals surface area contributed by atoms with Crippen LogP contribution in [-0.4, -0.2) is 37.6 Å². The molecule has 0 saturated heterocycles. The van der Waals surface area contributed by atoms with E-state index in [1.165, 1.54) is 0 Å². The summed E-state index contributed by atoms with van der Waals surface area (Å²) >= 11 is 0. The average Bonchev–Trinajstić information content (AvgIpc) is 2.90. The van der Waals surface area contributed by atoms with Gasteiger partial charge in [0.1, 0.15) is 0 Å². The fraction of sp³-hybridized carbons (Fsp3) is 0.179. The Morgan fingerprint density at radius 1 is 0.886 bits per heavy atom. The van der Waals surface area contributed by atoms with Crippen LogP contribution >= 0.6 is 0 Å². The third-order valence-corrected chi connectivity index (χ3v) is 5.72. The fourth-order valence-electron chi connectivity index (χ4n) is 3.91. The van der Waals surface area contributed by atoms with Crippen molar-refractivity contribution in [1.29, 1.82) is 0 Å². The number of aryl methyl sites for hydroxylation is 1. The Hall–Kier alpha value is -4.39. The van der Waals surface area contributed by atoms with Crippen molar-refractivity contribution in [1.82, 2.24) is 10.3 Å². The lowest BCUT2D eigenvalue weighted by atomic mass is 10.0. The molecule has 7 nitrogen and oxygen atoms in total. The molecule has 2 amide bonds. The predicted octanol–water partition coefficient (Wildman–Crippen LogP) is 4.85. The summed E-state index contributed by atoms with van der Waals surface area (Å²) in [4.78, 5) is 30.5. The Morgan fingerprint density at radius 2 is 1.63 bits per heavy atom. The first-order valence-electron chi connectivity index (χ1n) is 11.3. The molecule has 0 unspecified atom stereocenters. The van der Waals surface area contributed by atoms with Gasteiger partial charge in [-0.3, -0.25) is 9.59 Å². The molecule has 1 aromatic heterocycles. The maximum atomic E-state index is 13.2. The SMILES string of the molecule is CCc1ccccc1NC(=O)CNC(=O)c1cc(-c2ccc(OC)c(OC)c2)nc2ccccc12. The molecule has 0 atom stereocenters. The number of aromatic nitrogens is 1. The maximum absolute atomic E-state index is 13.2. The highest BCUT2D eigenvalue weighted by atomic mass is 16.5. The number of fused-ring (bicyclic) bond motifs is 1. The van der Waals surface area contributed by atoms with Crippen LogP contribution in [0.25, 0.3) is 22.2 Å². The molecule has 0 radical (unpaired) electrons. The van der Waals surface area contributed by atoms with Gasteiger partial charge in [0, 0.05) is 16.6 Å². The van der Waals surface area contributed by atoms with E-state index < -0.39 is 0 Å². The molecular formula is C28H27N3O4. The summed E-state index contributed by atoms with van der Waals surface area (Å²) in [6, 6.07) is 22.2. The molecule has 1 heterocycles. The van der Waals surface area contributed by atoms with Crippen molar-refractivity contribution in [3.8, 4) is 22.8 Å². The lowest BCUT2D eigenvalue weighted by Gasteiger charge is -2.13. The van der Waals surface area contributed by atoms with Gasteiger partial charge in [-0.15, -0.1) is 0 Å². The van der Waals surface area contributed by atoms with E-state index in [9.17, 15) is 9.59 Å². The number of nitrogens with one attached hydrogen (secondary N) is 2. The van der Waals surface area contributed by atoms with Gasteiger partial charge < -0.3 is 20.1 Å². The van der Waals surface area contributed by atoms with Gasteiger partial charge in [0.15, 0.2) is 11.5 Å². The van der Waals surface area contributed by atoms with Crippen molar-refractivity contribution in [3.05, 3.63) is 83.9 Å². The van der Waals surface area contributed by atoms with Crippen LogP contribution in [0.5, 0.6) is 11.5 Å². The highest BCUT2D eigenvalue weighted by Crippen LogP contribution is 2.33. The number of para-hydroxylation sites is 2. The number of methoxy groups -OCH3 is 2. The van der Waals surface area contributed by atoms with E-state index in [-0.39, 0.29) is 18.4 Å². The molecule has 0 aliphatic carbocycles. The number of ether oxygens (including phenoxy) is 2. The summed E-state index contributed by atoms with van der Waals surface area (Å²) in [7, 11) is 3.14. The summed E-state index contributed by atoms with van der Waals surface area (Å²) < 4.78 is 10.7. The molecule has 2 N–H and O–H groups in total. The number of rotatable bonds is 8. The van der Waals surface area contributed by atoms with E-state index in [2.05, 4.69) is 10.6 Å². The fourth-order valence-corrected chi connectivity index (χ4v) is 3.91. The summed E-state index contributed by atoms with van der Waals surface area (Å²) in [5.41, 5.74) is 4.27. The Bertz CT molecular complexity index is 1380. The van der Waals surface area contributed by atoms with Crippen LogP contribution in [0.15, 0.2) is 72.8 Å². The molecule has 4 rings (SSSR count). The first-order chi connectivity index (χ1) is 17.0.